The van der Waals surface area contributed by atoms with Crippen LogP contribution in [0.4, 0.5) is 5.69 Å². The van der Waals surface area contributed by atoms with Crippen molar-refractivity contribution in [2.45, 2.75) is 25.9 Å². The smallest absolute Gasteiger partial charge is 0.101 e. The highest BCUT2D eigenvalue weighted by molar-refractivity contribution is 7.98. The Kier molecular flexibility index (Phi) is 6.75. The summed E-state index contributed by atoms with van der Waals surface area (Å²) in [5.74, 6) is 1.14. The fourth-order valence-electron chi connectivity index (χ4n) is 2.01. The third kappa shape index (κ3) is 4.45. The molecule has 0 spiro atoms. The Morgan fingerprint density at radius 3 is 2.79 bits per heavy atom. The molecule has 1 aromatic rings. The molecule has 0 saturated heterocycles. The second-order valence-corrected chi connectivity index (χ2v) is 5.72. The molecular formula is C15H23N3S. The zero-order valence-electron chi connectivity index (χ0n) is 12.2. The SMILES string of the molecule is CNCc1ccc(N(C)C(C)CCSC)c(C#N)c1. The molecule has 0 aliphatic carbocycles. The number of anilines is 1. The van der Waals surface area contributed by atoms with E-state index in [-0.39, 0.29) is 0 Å². The average molecular weight is 277 g/mol. The summed E-state index contributed by atoms with van der Waals surface area (Å²) in [6.07, 6.45) is 3.25. The number of thioether (sulfide) groups is 1. The van der Waals surface area contributed by atoms with Crippen LogP contribution in [0.25, 0.3) is 0 Å². The Bertz CT molecular complexity index is 440. The monoisotopic (exact) mass is 277 g/mol. The van der Waals surface area contributed by atoms with Gasteiger partial charge in [0.2, 0.25) is 0 Å². The van der Waals surface area contributed by atoms with Crippen molar-refractivity contribution in [2.75, 3.05) is 31.0 Å². The van der Waals surface area contributed by atoms with E-state index in [9.17, 15) is 5.26 Å². The molecular weight excluding hydrogens is 254 g/mol. The van der Waals surface area contributed by atoms with Gasteiger partial charge in [-0.25, -0.2) is 0 Å². The van der Waals surface area contributed by atoms with Crippen molar-refractivity contribution in [3.63, 3.8) is 0 Å². The highest BCUT2D eigenvalue weighted by Gasteiger charge is 2.13. The molecule has 0 heterocycles. The summed E-state index contributed by atoms with van der Waals surface area (Å²) in [5, 5.41) is 12.4. The van der Waals surface area contributed by atoms with E-state index in [4.69, 9.17) is 0 Å². The Morgan fingerprint density at radius 1 is 1.47 bits per heavy atom. The molecule has 19 heavy (non-hydrogen) atoms. The molecule has 0 amide bonds. The van der Waals surface area contributed by atoms with Crippen molar-refractivity contribution in [1.29, 1.82) is 5.26 Å². The quantitative estimate of drug-likeness (QED) is 0.832. The Balaban J connectivity index is 2.90. The number of rotatable bonds is 7. The maximum absolute atomic E-state index is 9.32. The number of hydrogen-bond acceptors (Lipinski definition) is 4. The summed E-state index contributed by atoms with van der Waals surface area (Å²) in [6, 6.07) is 8.87. The van der Waals surface area contributed by atoms with Gasteiger partial charge in [0.05, 0.1) is 11.3 Å². The summed E-state index contributed by atoms with van der Waals surface area (Å²) in [4.78, 5) is 2.21. The van der Waals surface area contributed by atoms with Gasteiger partial charge in [0.1, 0.15) is 6.07 Å². The van der Waals surface area contributed by atoms with Gasteiger partial charge in [-0.2, -0.15) is 17.0 Å². The molecule has 0 fully saturated rings. The van der Waals surface area contributed by atoms with Crippen LogP contribution in [0, 0.1) is 11.3 Å². The first-order chi connectivity index (χ1) is 9.13. The van der Waals surface area contributed by atoms with E-state index in [1.54, 1.807) is 0 Å². The predicted octanol–water partition coefficient (Wildman–Crippen LogP) is 2.86. The van der Waals surface area contributed by atoms with Gasteiger partial charge in [0.15, 0.2) is 0 Å². The highest BCUT2D eigenvalue weighted by atomic mass is 32.2. The van der Waals surface area contributed by atoms with E-state index in [1.807, 2.05) is 24.9 Å². The van der Waals surface area contributed by atoms with Crippen LogP contribution in [0.1, 0.15) is 24.5 Å². The van der Waals surface area contributed by atoms with Crippen LogP contribution in [-0.4, -0.2) is 32.1 Å². The molecule has 3 nitrogen and oxygen atoms in total. The molecule has 1 N–H and O–H groups in total. The zero-order valence-corrected chi connectivity index (χ0v) is 13.0. The maximum Gasteiger partial charge on any atom is 0.101 e. The van der Waals surface area contributed by atoms with Crippen LogP contribution in [0.5, 0.6) is 0 Å². The van der Waals surface area contributed by atoms with Crippen molar-refractivity contribution in [2.24, 2.45) is 0 Å². The molecule has 0 aliphatic rings. The van der Waals surface area contributed by atoms with Crippen molar-refractivity contribution in [3.8, 4) is 6.07 Å². The number of nitrogens with zero attached hydrogens (tertiary/aromatic N) is 2. The first-order valence-corrected chi connectivity index (χ1v) is 7.92. The molecule has 104 valence electrons. The molecule has 0 saturated carbocycles. The molecule has 1 unspecified atom stereocenters. The standard InChI is InChI=1S/C15H23N3S/c1-12(7-8-19-4)18(3)15-6-5-13(11-17-2)9-14(15)10-16/h5-6,9,12,17H,7-8,11H2,1-4H3. The van der Waals surface area contributed by atoms with Crippen molar-refractivity contribution < 1.29 is 0 Å². The minimum absolute atomic E-state index is 0.440. The largest absolute Gasteiger partial charge is 0.371 e. The van der Waals surface area contributed by atoms with E-state index >= 15 is 0 Å². The molecule has 0 radical (unpaired) electrons. The Hall–Kier alpha value is -1.18. The van der Waals surface area contributed by atoms with Gasteiger partial charge in [-0.1, -0.05) is 6.07 Å². The molecule has 0 bridgehead atoms. The number of nitrogens with one attached hydrogen (secondary N) is 1. The second-order valence-electron chi connectivity index (χ2n) is 4.74. The summed E-state index contributed by atoms with van der Waals surface area (Å²) in [5.41, 5.74) is 2.93. The summed E-state index contributed by atoms with van der Waals surface area (Å²) in [7, 11) is 3.98. The topological polar surface area (TPSA) is 39.1 Å². The second kappa shape index (κ2) is 8.08. The fourth-order valence-corrected chi connectivity index (χ4v) is 2.59. The van der Waals surface area contributed by atoms with E-state index < -0.39 is 0 Å². The lowest BCUT2D eigenvalue weighted by molar-refractivity contribution is 0.668. The van der Waals surface area contributed by atoms with E-state index in [0.717, 1.165) is 35.5 Å². The van der Waals surface area contributed by atoms with Crippen LogP contribution < -0.4 is 10.2 Å². The van der Waals surface area contributed by atoms with Gasteiger partial charge in [-0.05, 0) is 50.1 Å². The molecule has 1 aromatic carbocycles. The van der Waals surface area contributed by atoms with Gasteiger partial charge < -0.3 is 10.2 Å². The lowest BCUT2D eigenvalue weighted by Crippen LogP contribution is -2.30. The summed E-state index contributed by atoms with van der Waals surface area (Å²) >= 11 is 1.86. The van der Waals surface area contributed by atoms with Gasteiger partial charge in [-0.15, -0.1) is 0 Å². The molecule has 4 heteroatoms. The van der Waals surface area contributed by atoms with E-state index in [2.05, 4.69) is 48.6 Å². The first kappa shape index (κ1) is 15.9. The summed E-state index contributed by atoms with van der Waals surface area (Å²) < 4.78 is 0. The lowest BCUT2D eigenvalue weighted by atomic mass is 10.1. The van der Waals surface area contributed by atoms with Crippen LogP contribution in [0.2, 0.25) is 0 Å². The minimum atomic E-state index is 0.440. The number of nitriles is 1. The highest BCUT2D eigenvalue weighted by Crippen LogP contribution is 2.23. The third-order valence-electron chi connectivity index (χ3n) is 3.34. The maximum atomic E-state index is 9.32. The van der Waals surface area contributed by atoms with Gasteiger partial charge in [0.25, 0.3) is 0 Å². The molecule has 0 aromatic heterocycles. The lowest BCUT2D eigenvalue weighted by Gasteiger charge is -2.28. The Labute approximate surface area is 121 Å². The van der Waals surface area contributed by atoms with Crippen LogP contribution in [0.3, 0.4) is 0 Å². The van der Waals surface area contributed by atoms with E-state index in [1.165, 1.54) is 0 Å². The van der Waals surface area contributed by atoms with Crippen LogP contribution >= 0.6 is 11.8 Å². The van der Waals surface area contributed by atoms with Gasteiger partial charge in [0, 0.05) is 19.6 Å². The molecule has 0 aliphatic heterocycles. The first-order valence-electron chi connectivity index (χ1n) is 6.53. The number of hydrogen-bond donors (Lipinski definition) is 1. The minimum Gasteiger partial charge on any atom is -0.371 e. The molecule has 1 rings (SSSR count). The number of benzene rings is 1. The van der Waals surface area contributed by atoms with Gasteiger partial charge in [-0.3, -0.25) is 0 Å². The zero-order chi connectivity index (χ0) is 14.3. The van der Waals surface area contributed by atoms with Crippen molar-refractivity contribution in [3.05, 3.63) is 29.3 Å². The van der Waals surface area contributed by atoms with Gasteiger partial charge >= 0.3 is 0 Å². The molecule has 1 atom stereocenters. The van der Waals surface area contributed by atoms with Crippen LogP contribution in [0.15, 0.2) is 18.2 Å². The third-order valence-corrected chi connectivity index (χ3v) is 3.99. The van der Waals surface area contributed by atoms with Crippen LogP contribution in [-0.2, 0) is 6.54 Å². The van der Waals surface area contributed by atoms with E-state index in [0.29, 0.717) is 6.04 Å². The van der Waals surface area contributed by atoms with Crippen molar-refractivity contribution >= 4 is 17.4 Å². The average Bonchev–Trinajstić information content (AvgIpc) is 2.44. The fraction of sp³-hybridized carbons (Fsp3) is 0.533. The summed E-state index contributed by atoms with van der Waals surface area (Å²) in [6.45, 7) is 3.00. The van der Waals surface area contributed by atoms with Crippen molar-refractivity contribution in [1.82, 2.24) is 5.32 Å². The predicted molar refractivity (Wildman–Crippen MR) is 84.8 cm³/mol. The normalized spacial score (nSPS) is 11.9. The Morgan fingerprint density at radius 2 is 2.21 bits per heavy atom.